The van der Waals surface area contributed by atoms with Crippen LogP contribution in [0.3, 0.4) is 0 Å². The minimum Gasteiger partial charge on any atom is -0.387 e. The number of rotatable bonds is 17. The number of carbonyl (C=O) groups excluding carboxylic acids is 1. The summed E-state index contributed by atoms with van der Waals surface area (Å²) in [6.07, 6.45) is -1.20. The lowest BCUT2D eigenvalue weighted by Gasteiger charge is -2.41. The van der Waals surface area contributed by atoms with Crippen LogP contribution in [0.15, 0.2) is 65.7 Å². The average Bonchev–Trinajstić information content (AvgIpc) is 3.15. The SMILES string of the molecule is O=C1C(=c2ccc3c4c(cccc24)NC(COSOOO)(COSOOO)N=3)C(O)C1c1ccc2c3c(cccc13)NC(COSO)(COS(=O)(=O)O)N2. The van der Waals surface area contributed by atoms with Crippen LogP contribution in [-0.4, -0.2) is 82.8 Å². The second-order valence-electron chi connectivity index (χ2n) is 12.1. The maximum Gasteiger partial charge on any atom is 0.397 e. The molecule has 4 aromatic carbocycles. The van der Waals surface area contributed by atoms with Gasteiger partial charge in [0.25, 0.3) is 0 Å². The summed E-state index contributed by atoms with van der Waals surface area (Å²) in [7, 11) is -4.83. The molecule has 54 heavy (non-hydrogen) atoms. The van der Waals surface area contributed by atoms with E-state index < -0.39 is 40.4 Å². The molecule has 2 heterocycles. The van der Waals surface area contributed by atoms with E-state index in [0.29, 0.717) is 79.4 Å². The van der Waals surface area contributed by atoms with Crippen molar-refractivity contribution in [3.05, 3.63) is 76.8 Å². The highest BCUT2D eigenvalue weighted by molar-refractivity contribution is 7.90. The van der Waals surface area contributed by atoms with Crippen LogP contribution in [0.4, 0.5) is 17.1 Å². The molecule has 7 rings (SSSR count). The Bertz CT molecular complexity index is 2300. The average molecular weight is 829 g/mol. The van der Waals surface area contributed by atoms with Gasteiger partial charge in [0.05, 0.1) is 17.4 Å². The fraction of sp³-hybridized carbons (Fsp3) is 0.267. The first-order chi connectivity index (χ1) is 26.0. The molecule has 0 radical (unpaired) electrons. The molecule has 8 N–H and O–H groups in total. The molecule has 0 saturated heterocycles. The minimum atomic E-state index is -4.83. The van der Waals surface area contributed by atoms with Crippen molar-refractivity contribution in [3.63, 3.8) is 0 Å². The molecule has 2 aliphatic heterocycles. The van der Waals surface area contributed by atoms with Crippen LogP contribution in [0.1, 0.15) is 11.5 Å². The van der Waals surface area contributed by atoms with Gasteiger partial charge in [0, 0.05) is 33.4 Å². The summed E-state index contributed by atoms with van der Waals surface area (Å²) in [5.74, 6) is -1.22. The number of aliphatic hydroxyl groups excluding tert-OH is 1. The Balaban J connectivity index is 1.23. The molecule has 0 amide bonds. The summed E-state index contributed by atoms with van der Waals surface area (Å²) in [5.41, 5.74) is -0.381. The molecule has 3 aliphatic rings. The van der Waals surface area contributed by atoms with Crippen LogP contribution < -0.4 is 26.5 Å². The van der Waals surface area contributed by atoms with Gasteiger partial charge >= 0.3 is 10.4 Å². The van der Waals surface area contributed by atoms with Crippen LogP contribution in [0.25, 0.3) is 27.1 Å². The smallest absolute Gasteiger partial charge is 0.387 e. The second-order valence-corrected chi connectivity index (χ2v) is 14.6. The van der Waals surface area contributed by atoms with E-state index in [1.807, 2.05) is 0 Å². The van der Waals surface area contributed by atoms with Gasteiger partial charge in [-0.2, -0.15) is 8.42 Å². The molecule has 1 fully saturated rings. The molecule has 4 aromatic rings. The first-order valence-corrected chi connectivity index (χ1v) is 18.8. The number of anilines is 3. The van der Waals surface area contributed by atoms with Gasteiger partial charge in [0.1, 0.15) is 26.4 Å². The Morgan fingerprint density at radius 2 is 1.43 bits per heavy atom. The zero-order valence-electron chi connectivity index (χ0n) is 27.1. The Morgan fingerprint density at radius 3 is 2.06 bits per heavy atom. The number of nitrogens with one attached hydrogen (secondary N) is 3. The number of hydrogen-bond acceptors (Lipinski definition) is 22. The first-order valence-electron chi connectivity index (χ1n) is 15.4. The van der Waals surface area contributed by atoms with E-state index in [1.54, 1.807) is 60.7 Å². The monoisotopic (exact) mass is 828 g/mol. The Labute approximate surface area is 317 Å². The molecule has 1 saturated carbocycles. The number of Topliss-reactive ketones (excluding diaryl/α,β-unsaturated/α-hetero) is 1. The number of ketones is 1. The second kappa shape index (κ2) is 16.0. The van der Waals surface area contributed by atoms with Crippen LogP contribution in [-0.2, 0) is 50.7 Å². The zero-order valence-corrected chi connectivity index (χ0v) is 30.3. The molecule has 1 aliphatic carbocycles. The summed E-state index contributed by atoms with van der Waals surface area (Å²) in [5, 5.41) is 48.8. The molecule has 0 spiro atoms. The number of hydrogen-bond donors (Lipinski definition) is 8. The third-order valence-electron chi connectivity index (χ3n) is 8.95. The van der Waals surface area contributed by atoms with Crippen molar-refractivity contribution in [1.82, 2.24) is 0 Å². The lowest BCUT2D eigenvalue weighted by molar-refractivity contribution is -0.434. The van der Waals surface area contributed by atoms with Crippen molar-refractivity contribution in [2.24, 2.45) is 4.99 Å². The van der Waals surface area contributed by atoms with Gasteiger partial charge in [0.2, 0.25) is 0 Å². The lowest BCUT2D eigenvalue weighted by Crippen LogP contribution is -2.55. The highest BCUT2D eigenvalue weighted by Gasteiger charge is 2.47. The molecule has 24 heteroatoms. The van der Waals surface area contributed by atoms with Crippen molar-refractivity contribution in [3.8, 4) is 0 Å². The van der Waals surface area contributed by atoms with E-state index in [-0.39, 0.29) is 43.5 Å². The number of benzene rings is 4. The number of aliphatic hydroxyl groups is 1. The first kappa shape index (κ1) is 38.9. The fourth-order valence-corrected chi connectivity index (χ4v) is 8.11. The topological polar surface area (TPSA) is 275 Å². The minimum absolute atomic E-state index is 0.0661. The maximum absolute atomic E-state index is 14.1. The quantitative estimate of drug-likeness (QED) is 0.0250. The van der Waals surface area contributed by atoms with Crippen LogP contribution in [0.2, 0.25) is 0 Å². The van der Waals surface area contributed by atoms with E-state index in [9.17, 15) is 27.4 Å². The van der Waals surface area contributed by atoms with Gasteiger partial charge in [-0.3, -0.25) is 26.9 Å². The third kappa shape index (κ3) is 7.58. The summed E-state index contributed by atoms with van der Waals surface area (Å²) < 4.78 is 70.3. The normalized spacial score (nSPS) is 22.3. The molecule has 3 atom stereocenters. The van der Waals surface area contributed by atoms with Crippen molar-refractivity contribution in [2.45, 2.75) is 23.3 Å². The molecular formula is C30H28N4O16S4. The summed E-state index contributed by atoms with van der Waals surface area (Å²) in [4.78, 5) is 18.9. The van der Waals surface area contributed by atoms with Crippen molar-refractivity contribution in [2.75, 3.05) is 42.4 Å². The molecular weight excluding hydrogens is 801 g/mol. The van der Waals surface area contributed by atoms with E-state index in [2.05, 4.69) is 38.9 Å². The van der Waals surface area contributed by atoms with Gasteiger partial charge < -0.3 is 25.6 Å². The molecule has 3 unspecified atom stereocenters. The Hall–Kier alpha value is -3.38. The van der Waals surface area contributed by atoms with E-state index in [4.69, 9.17) is 28.1 Å². The maximum atomic E-state index is 14.1. The van der Waals surface area contributed by atoms with E-state index in [1.165, 1.54) is 0 Å². The Kier molecular flexibility index (Phi) is 11.5. The van der Waals surface area contributed by atoms with E-state index in [0.717, 1.165) is 0 Å². The number of nitrogens with zero attached hydrogens (tertiary/aromatic N) is 1. The largest absolute Gasteiger partial charge is 0.397 e. The summed E-state index contributed by atoms with van der Waals surface area (Å²) in [6, 6.07) is 17.3. The summed E-state index contributed by atoms with van der Waals surface area (Å²) in [6.45, 7) is -1.31. The zero-order chi connectivity index (χ0) is 38.1. The van der Waals surface area contributed by atoms with Crippen molar-refractivity contribution >= 4 is 97.3 Å². The molecule has 288 valence electrons. The third-order valence-corrected chi connectivity index (χ3v) is 10.2. The number of carbonyl (C=O) groups is 1. The van der Waals surface area contributed by atoms with Crippen molar-refractivity contribution in [1.29, 1.82) is 0 Å². The standard InChI is InChI=1S/C30H28N4O16S4/c35-27-25(17-7-9-21-23-15(17)3-1-5-19(23)31-29(33-21,12-44-52-49-47-37)13-45-53-50-48-38)28(36)26(27)18-8-10-22-24-16(18)4-2-6-20(24)32-30(34-22,11-43-51-39)14-46-54(40,41)42/h1-10,26-27,31-32,34-35,37-39H,11-14H2,(H,40,41,42). The fourth-order valence-electron chi connectivity index (χ4n) is 6.89. The highest BCUT2D eigenvalue weighted by atomic mass is 32.3. The molecule has 0 aromatic heterocycles. The summed E-state index contributed by atoms with van der Waals surface area (Å²) >= 11 is 0.740. The van der Waals surface area contributed by atoms with Gasteiger partial charge in [-0.1, -0.05) is 46.5 Å². The van der Waals surface area contributed by atoms with Crippen molar-refractivity contribution < 1.29 is 73.4 Å². The van der Waals surface area contributed by atoms with Crippen LogP contribution in [0, 0.1) is 0 Å². The van der Waals surface area contributed by atoms with Crippen LogP contribution >= 0.6 is 37.0 Å². The Morgan fingerprint density at radius 1 is 0.778 bits per heavy atom. The van der Waals surface area contributed by atoms with Gasteiger partial charge in [0.15, 0.2) is 54.1 Å². The predicted molar refractivity (Wildman–Crippen MR) is 193 cm³/mol. The lowest BCUT2D eigenvalue weighted by atomic mass is 9.69. The van der Waals surface area contributed by atoms with Gasteiger partial charge in [-0.25, -0.2) is 14.7 Å². The molecule has 20 nitrogen and oxygen atoms in total. The van der Waals surface area contributed by atoms with Gasteiger partial charge in [-0.05, 0) is 45.8 Å². The van der Waals surface area contributed by atoms with Crippen LogP contribution in [0.5, 0.6) is 0 Å². The van der Waals surface area contributed by atoms with E-state index >= 15 is 0 Å². The highest BCUT2D eigenvalue weighted by Crippen LogP contribution is 2.46. The van der Waals surface area contributed by atoms with Gasteiger partial charge in [-0.15, -0.1) is 8.67 Å². The predicted octanol–water partition coefficient (Wildman–Crippen LogP) is 3.11. The molecule has 0 bridgehead atoms.